The first-order valence-electron chi connectivity index (χ1n) is 15.1. The Hall–Kier alpha value is -4.89. The second kappa shape index (κ2) is 18.0. The van der Waals surface area contributed by atoms with Crippen LogP contribution in [0.2, 0.25) is 0 Å². The lowest BCUT2D eigenvalue weighted by atomic mass is 10.0. The van der Waals surface area contributed by atoms with Gasteiger partial charge in [0.1, 0.15) is 19.3 Å². The number of rotatable bonds is 16. The summed E-state index contributed by atoms with van der Waals surface area (Å²) >= 11 is 0. The second-order valence-electron chi connectivity index (χ2n) is 10.9. The molecule has 1 saturated heterocycles. The van der Waals surface area contributed by atoms with Gasteiger partial charge in [0.05, 0.1) is 19.2 Å². The number of benzene rings is 2. The fourth-order valence-corrected chi connectivity index (χ4v) is 5.35. The maximum absolute atomic E-state index is 13.8. The van der Waals surface area contributed by atoms with Crippen molar-refractivity contribution in [1.82, 2.24) is 30.5 Å². The van der Waals surface area contributed by atoms with Crippen molar-refractivity contribution in [1.29, 1.82) is 5.26 Å². The van der Waals surface area contributed by atoms with Gasteiger partial charge >= 0.3 is 12.1 Å². The summed E-state index contributed by atoms with van der Waals surface area (Å²) in [6, 6.07) is 20.4. The minimum Gasteiger partial charge on any atom is -0.445 e. The van der Waals surface area contributed by atoms with E-state index in [4.69, 9.17) is 4.74 Å². The number of nitrogens with zero attached hydrogens (tertiary/aromatic N) is 5. The topological polar surface area (TPSA) is 138 Å². The second-order valence-corrected chi connectivity index (χ2v) is 10.9. The number of carbonyl (C=O) groups excluding carboxylic acids is 4. The van der Waals surface area contributed by atoms with E-state index in [1.807, 2.05) is 74.5 Å². The highest BCUT2D eigenvalue weighted by Crippen LogP contribution is 2.24. The maximum Gasteiger partial charge on any atom is 0.407 e. The zero-order valence-electron chi connectivity index (χ0n) is 26.0. The molecular formula is C33H43N7O5. The summed E-state index contributed by atoms with van der Waals surface area (Å²) in [7, 11) is 0. The van der Waals surface area contributed by atoms with Crippen LogP contribution in [0.5, 0.6) is 0 Å². The van der Waals surface area contributed by atoms with Gasteiger partial charge in [0, 0.05) is 25.7 Å². The Labute approximate surface area is 265 Å². The molecule has 1 aliphatic rings. The Balaban J connectivity index is 1.85. The molecule has 1 aliphatic heterocycles. The summed E-state index contributed by atoms with van der Waals surface area (Å²) in [5.41, 5.74) is 1.94. The third-order valence-corrected chi connectivity index (χ3v) is 7.56. The molecule has 2 N–H and O–H groups in total. The average molecular weight is 618 g/mol. The SMILES string of the molecule is C=CCOC(=O)NCCC[C@@H](C)N1C(=O)CN(CC#N)N(C(=O)NCc2ccccc2)C1CN(C=O)CC(C)c1ccccc1. The Morgan fingerprint density at radius 3 is 2.47 bits per heavy atom. The number of ether oxygens (including phenoxy) is 1. The van der Waals surface area contributed by atoms with Gasteiger partial charge in [-0.15, -0.1) is 0 Å². The van der Waals surface area contributed by atoms with Crippen LogP contribution in [0.3, 0.4) is 0 Å². The summed E-state index contributed by atoms with van der Waals surface area (Å²) < 4.78 is 4.94. The van der Waals surface area contributed by atoms with Gasteiger partial charge in [0.15, 0.2) is 0 Å². The first-order valence-corrected chi connectivity index (χ1v) is 15.1. The number of hydrazine groups is 1. The van der Waals surface area contributed by atoms with Crippen LogP contribution in [-0.2, 0) is 20.9 Å². The Bertz CT molecular complexity index is 1300. The molecule has 3 atom stereocenters. The smallest absolute Gasteiger partial charge is 0.407 e. The molecule has 12 nitrogen and oxygen atoms in total. The summed E-state index contributed by atoms with van der Waals surface area (Å²) in [5, 5.41) is 18.0. The van der Waals surface area contributed by atoms with E-state index in [1.54, 1.807) is 9.80 Å². The first kappa shape index (κ1) is 34.6. The number of nitrogens with one attached hydrogen (secondary N) is 2. The Kier molecular flexibility index (Phi) is 13.9. The lowest BCUT2D eigenvalue weighted by Crippen LogP contribution is -2.71. The molecule has 2 aromatic rings. The maximum atomic E-state index is 13.8. The molecule has 0 radical (unpaired) electrons. The van der Waals surface area contributed by atoms with Gasteiger partial charge < -0.3 is 25.2 Å². The summed E-state index contributed by atoms with van der Waals surface area (Å²) in [6.45, 7) is 8.08. The predicted molar refractivity (Wildman–Crippen MR) is 169 cm³/mol. The molecule has 5 amide bonds. The van der Waals surface area contributed by atoms with Crippen LogP contribution in [0, 0.1) is 11.3 Å². The minimum absolute atomic E-state index is 0.0101. The molecule has 0 bridgehead atoms. The van der Waals surface area contributed by atoms with Gasteiger partial charge in [-0.05, 0) is 36.8 Å². The number of urea groups is 1. The van der Waals surface area contributed by atoms with Crippen molar-refractivity contribution < 1.29 is 23.9 Å². The first-order chi connectivity index (χ1) is 21.8. The van der Waals surface area contributed by atoms with E-state index >= 15 is 0 Å². The van der Waals surface area contributed by atoms with Gasteiger partial charge in [-0.1, -0.05) is 80.2 Å². The molecule has 0 aromatic heterocycles. The molecule has 240 valence electrons. The molecule has 1 heterocycles. The molecule has 45 heavy (non-hydrogen) atoms. The third kappa shape index (κ3) is 10.4. The van der Waals surface area contributed by atoms with Crippen molar-refractivity contribution in [2.75, 3.05) is 39.3 Å². The molecule has 2 unspecified atom stereocenters. The number of amides is 5. The van der Waals surface area contributed by atoms with Gasteiger partial charge in [-0.3, -0.25) is 9.59 Å². The van der Waals surface area contributed by atoms with E-state index in [0.717, 1.165) is 17.5 Å². The van der Waals surface area contributed by atoms with E-state index in [1.165, 1.54) is 16.1 Å². The average Bonchev–Trinajstić information content (AvgIpc) is 3.05. The highest BCUT2D eigenvalue weighted by Gasteiger charge is 2.44. The summed E-state index contributed by atoms with van der Waals surface area (Å²) in [5.74, 6) is -0.278. The van der Waals surface area contributed by atoms with Gasteiger partial charge in [-0.2, -0.15) is 10.3 Å². The van der Waals surface area contributed by atoms with Crippen LogP contribution >= 0.6 is 0 Å². The number of hydrogen-bond acceptors (Lipinski definition) is 7. The molecule has 3 rings (SSSR count). The van der Waals surface area contributed by atoms with Crippen LogP contribution in [0.1, 0.15) is 43.7 Å². The van der Waals surface area contributed by atoms with E-state index in [2.05, 4.69) is 23.3 Å². The van der Waals surface area contributed by atoms with Gasteiger partial charge in [-0.25, -0.2) is 14.6 Å². The largest absolute Gasteiger partial charge is 0.445 e. The van der Waals surface area contributed by atoms with Crippen molar-refractivity contribution in [3.63, 3.8) is 0 Å². The number of nitriles is 1. The van der Waals surface area contributed by atoms with Crippen molar-refractivity contribution >= 4 is 24.4 Å². The van der Waals surface area contributed by atoms with E-state index in [-0.39, 0.29) is 50.7 Å². The van der Waals surface area contributed by atoms with Crippen LogP contribution in [0.4, 0.5) is 9.59 Å². The van der Waals surface area contributed by atoms with Crippen molar-refractivity contribution in [2.45, 2.75) is 51.4 Å². The van der Waals surface area contributed by atoms with Crippen molar-refractivity contribution in [3.8, 4) is 6.07 Å². The minimum atomic E-state index is -0.885. The fraction of sp³-hybridized carbons (Fsp3) is 0.424. The highest BCUT2D eigenvalue weighted by atomic mass is 16.5. The van der Waals surface area contributed by atoms with Crippen molar-refractivity contribution in [2.24, 2.45) is 0 Å². The summed E-state index contributed by atoms with van der Waals surface area (Å²) in [4.78, 5) is 54.9. The monoisotopic (exact) mass is 617 g/mol. The highest BCUT2D eigenvalue weighted by molar-refractivity contribution is 5.83. The van der Waals surface area contributed by atoms with Crippen LogP contribution in [0.25, 0.3) is 0 Å². The van der Waals surface area contributed by atoms with Crippen molar-refractivity contribution in [3.05, 3.63) is 84.4 Å². The number of alkyl carbamates (subject to hydrolysis) is 1. The van der Waals surface area contributed by atoms with Crippen LogP contribution < -0.4 is 10.6 Å². The summed E-state index contributed by atoms with van der Waals surface area (Å²) in [6.07, 6.45) is 1.80. The molecule has 12 heteroatoms. The lowest BCUT2D eigenvalue weighted by molar-refractivity contribution is -0.173. The van der Waals surface area contributed by atoms with E-state index in [9.17, 15) is 24.4 Å². The molecule has 2 aromatic carbocycles. The molecule has 0 saturated carbocycles. The third-order valence-electron chi connectivity index (χ3n) is 7.56. The number of carbonyl (C=O) groups is 4. The zero-order valence-corrected chi connectivity index (χ0v) is 26.0. The standard InChI is InChI=1S/C33H43N7O5/c1-4-20-45-33(44)35-18-11-12-27(3)39-30(23-37(25-41)22-26(2)29-15-9-6-10-16-29)40(38(19-17-34)24-31(39)42)32(43)36-21-28-13-7-5-8-14-28/h4-10,13-16,25-27,30H,1,11-12,18-24H2,2-3H3,(H,35,44)(H,36,43)/t26?,27-,30?/m1/s1. The number of hydrogen-bond donors (Lipinski definition) is 2. The van der Waals surface area contributed by atoms with E-state index in [0.29, 0.717) is 25.9 Å². The predicted octanol–water partition coefficient (Wildman–Crippen LogP) is 3.45. The molecular weight excluding hydrogens is 574 g/mol. The molecule has 1 fully saturated rings. The quantitative estimate of drug-likeness (QED) is 0.127. The Morgan fingerprint density at radius 1 is 1.13 bits per heavy atom. The fourth-order valence-electron chi connectivity index (χ4n) is 5.35. The van der Waals surface area contributed by atoms with Crippen LogP contribution in [0.15, 0.2) is 73.3 Å². The van der Waals surface area contributed by atoms with Crippen LogP contribution in [-0.4, -0.2) is 95.8 Å². The Morgan fingerprint density at radius 2 is 1.82 bits per heavy atom. The molecule has 0 spiro atoms. The lowest BCUT2D eigenvalue weighted by Gasteiger charge is -2.51. The van der Waals surface area contributed by atoms with Gasteiger partial charge in [0.25, 0.3) is 0 Å². The molecule has 0 aliphatic carbocycles. The zero-order chi connectivity index (χ0) is 32.6. The van der Waals surface area contributed by atoms with E-state index < -0.39 is 18.3 Å². The van der Waals surface area contributed by atoms with Gasteiger partial charge in [0.2, 0.25) is 12.3 Å². The normalized spacial score (nSPS) is 16.2.